The Morgan fingerprint density at radius 3 is 2.59 bits per heavy atom. The van der Waals surface area contributed by atoms with E-state index in [1.54, 1.807) is 36.7 Å². The number of anilines is 1. The van der Waals surface area contributed by atoms with Gasteiger partial charge in [-0.3, -0.25) is 19.6 Å². The van der Waals surface area contributed by atoms with Gasteiger partial charge in [0.15, 0.2) is 0 Å². The van der Waals surface area contributed by atoms with Crippen molar-refractivity contribution in [3.63, 3.8) is 0 Å². The van der Waals surface area contributed by atoms with E-state index in [9.17, 15) is 14.4 Å². The first-order valence-corrected chi connectivity index (χ1v) is 8.70. The van der Waals surface area contributed by atoms with E-state index in [0.29, 0.717) is 6.54 Å². The Hall–Kier alpha value is -4.07. The summed E-state index contributed by atoms with van der Waals surface area (Å²) in [6.45, 7) is 0.309. The molecule has 0 aliphatic heterocycles. The maximum absolute atomic E-state index is 12.6. The van der Waals surface area contributed by atoms with Crippen LogP contribution in [0.4, 0.5) is 5.69 Å². The molecule has 0 aliphatic rings. The van der Waals surface area contributed by atoms with Crippen LogP contribution in [0.5, 0.6) is 0 Å². The third-order valence-electron chi connectivity index (χ3n) is 4.01. The predicted octanol–water partition coefficient (Wildman–Crippen LogP) is 2.45. The molecule has 146 valence electrons. The molecular formula is C21H18N4O4. The van der Waals surface area contributed by atoms with E-state index < -0.39 is 11.9 Å². The highest BCUT2D eigenvalue weighted by Crippen LogP contribution is 2.17. The van der Waals surface area contributed by atoms with E-state index in [1.165, 1.54) is 31.5 Å². The van der Waals surface area contributed by atoms with Crippen LogP contribution >= 0.6 is 0 Å². The molecule has 2 aromatic heterocycles. The topological polar surface area (TPSA) is 110 Å². The predicted molar refractivity (Wildman–Crippen MR) is 105 cm³/mol. The number of rotatable bonds is 6. The first-order valence-electron chi connectivity index (χ1n) is 8.70. The Morgan fingerprint density at radius 2 is 1.83 bits per heavy atom. The molecule has 1 aromatic carbocycles. The summed E-state index contributed by atoms with van der Waals surface area (Å²) >= 11 is 0. The lowest BCUT2D eigenvalue weighted by molar-refractivity contribution is 0.0601. The van der Waals surface area contributed by atoms with Crippen molar-refractivity contribution in [2.45, 2.75) is 6.54 Å². The Morgan fingerprint density at radius 1 is 1.00 bits per heavy atom. The van der Waals surface area contributed by atoms with E-state index in [1.807, 2.05) is 6.07 Å². The quantitative estimate of drug-likeness (QED) is 0.626. The molecular weight excluding hydrogens is 372 g/mol. The minimum absolute atomic E-state index is 0.0405. The molecule has 8 nitrogen and oxygen atoms in total. The standard InChI is InChI=1S/C21H18N4O4/c1-29-21(28)16-6-2-3-7-17(16)25-20(27)18-11-15(8-10-23-18)19(26)24-13-14-5-4-9-22-12-14/h2-12H,13H2,1H3,(H,24,26)(H,25,27). The average Bonchev–Trinajstić information content (AvgIpc) is 2.78. The van der Waals surface area contributed by atoms with Gasteiger partial charge in [0.25, 0.3) is 11.8 Å². The lowest BCUT2D eigenvalue weighted by Gasteiger charge is -2.10. The van der Waals surface area contributed by atoms with Crippen LogP contribution in [0.25, 0.3) is 0 Å². The highest BCUT2D eigenvalue weighted by atomic mass is 16.5. The van der Waals surface area contributed by atoms with Crippen LogP contribution in [0.15, 0.2) is 67.1 Å². The van der Waals surface area contributed by atoms with Crippen molar-refractivity contribution in [3.05, 3.63) is 89.5 Å². The molecule has 29 heavy (non-hydrogen) atoms. The molecule has 0 fully saturated rings. The number of amides is 2. The largest absolute Gasteiger partial charge is 0.465 e. The minimum Gasteiger partial charge on any atom is -0.465 e. The van der Waals surface area contributed by atoms with E-state index in [-0.39, 0.29) is 28.4 Å². The van der Waals surface area contributed by atoms with Crippen LogP contribution in [-0.2, 0) is 11.3 Å². The average molecular weight is 390 g/mol. The molecule has 2 heterocycles. The number of nitrogens with one attached hydrogen (secondary N) is 2. The molecule has 8 heteroatoms. The third kappa shape index (κ3) is 5.01. The molecule has 0 atom stereocenters. The van der Waals surface area contributed by atoms with Crippen LogP contribution in [-0.4, -0.2) is 34.9 Å². The van der Waals surface area contributed by atoms with E-state index >= 15 is 0 Å². The van der Waals surface area contributed by atoms with Gasteiger partial charge >= 0.3 is 5.97 Å². The fourth-order valence-electron chi connectivity index (χ4n) is 2.55. The number of benzene rings is 1. The first-order chi connectivity index (χ1) is 14.1. The van der Waals surface area contributed by atoms with Gasteiger partial charge < -0.3 is 15.4 Å². The minimum atomic E-state index is -0.572. The van der Waals surface area contributed by atoms with Crippen molar-refractivity contribution < 1.29 is 19.1 Å². The highest BCUT2D eigenvalue weighted by Gasteiger charge is 2.16. The molecule has 0 radical (unpaired) electrons. The number of esters is 1. The van der Waals surface area contributed by atoms with Gasteiger partial charge in [-0.25, -0.2) is 4.79 Å². The number of aromatic nitrogens is 2. The number of ether oxygens (including phenoxy) is 1. The number of carbonyl (C=O) groups is 3. The van der Waals surface area contributed by atoms with E-state index in [2.05, 4.69) is 20.6 Å². The van der Waals surface area contributed by atoms with Gasteiger partial charge in [0.2, 0.25) is 0 Å². The Bertz CT molecular complexity index is 1040. The summed E-state index contributed by atoms with van der Waals surface area (Å²) < 4.78 is 4.71. The molecule has 0 bridgehead atoms. The molecule has 2 N–H and O–H groups in total. The third-order valence-corrected chi connectivity index (χ3v) is 4.01. The van der Waals surface area contributed by atoms with Gasteiger partial charge in [0.05, 0.1) is 18.4 Å². The van der Waals surface area contributed by atoms with E-state index in [0.717, 1.165) is 5.56 Å². The number of hydrogen-bond donors (Lipinski definition) is 2. The van der Waals surface area contributed by atoms with Crippen LogP contribution in [0.1, 0.15) is 36.8 Å². The summed E-state index contributed by atoms with van der Waals surface area (Å²) in [6, 6.07) is 13.0. The monoisotopic (exact) mass is 390 g/mol. The normalized spacial score (nSPS) is 10.1. The maximum atomic E-state index is 12.6. The van der Waals surface area contributed by atoms with Crippen molar-refractivity contribution in [2.24, 2.45) is 0 Å². The van der Waals surface area contributed by atoms with Gasteiger partial charge in [-0.15, -0.1) is 0 Å². The molecule has 0 aliphatic carbocycles. The van der Waals surface area contributed by atoms with Crippen LogP contribution in [0.3, 0.4) is 0 Å². The SMILES string of the molecule is COC(=O)c1ccccc1NC(=O)c1cc(C(=O)NCc2cccnc2)ccn1. The number of para-hydroxylation sites is 1. The lowest BCUT2D eigenvalue weighted by atomic mass is 10.1. The number of nitrogens with zero attached hydrogens (tertiary/aromatic N) is 2. The fraction of sp³-hybridized carbons (Fsp3) is 0.0952. The Kier molecular flexibility index (Phi) is 6.26. The molecule has 0 saturated carbocycles. The molecule has 0 unspecified atom stereocenters. The van der Waals surface area contributed by atoms with Gasteiger partial charge in [0, 0.05) is 30.7 Å². The van der Waals surface area contributed by atoms with Gasteiger partial charge in [-0.05, 0) is 35.9 Å². The van der Waals surface area contributed by atoms with Crippen molar-refractivity contribution in [2.75, 3.05) is 12.4 Å². The fourth-order valence-corrected chi connectivity index (χ4v) is 2.55. The first kappa shape index (κ1) is 19.7. The van der Waals surface area contributed by atoms with Gasteiger partial charge in [-0.2, -0.15) is 0 Å². The van der Waals surface area contributed by atoms with Crippen LogP contribution in [0.2, 0.25) is 0 Å². The summed E-state index contributed by atoms with van der Waals surface area (Å²) in [5, 5.41) is 5.39. The molecule has 3 aromatic rings. The zero-order valence-electron chi connectivity index (χ0n) is 15.6. The number of pyridine rings is 2. The van der Waals surface area contributed by atoms with E-state index in [4.69, 9.17) is 4.74 Å². The van der Waals surface area contributed by atoms with Gasteiger partial charge in [-0.1, -0.05) is 18.2 Å². The number of methoxy groups -OCH3 is 1. The van der Waals surface area contributed by atoms with Crippen molar-refractivity contribution in [3.8, 4) is 0 Å². The summed E-state index contributed by atoms with van der Waals surface area (Å²) in [5.74, 6) is -1.47. The second kappa shape index (κ2) is 9.23. The van der Waals surface area contributed by atoms with Crippen molar-refractivity contribution in [1.29, 1.82) is 0 Å². The second-order valence-corrected chi connectivity index (χ2v) is 5.96. The van der Waals surface area contributed by atoms with Gasteiger partial charge in [0.1, 0.15) is 5.69 Å². The lowest BCUT2D eigenvalue weighted by Crippen LogP contribution is -2.24. The van der Waals surface area contributed by atoms with Crippen LogP contribution in [0, 0.1) is 0 Å². The number of carbonyl (C=O) groups excluding carboxylic acids is 3. The Balaban J connectivity index is 1.71. The molecule has 0 spiro atoms. The Labute approximate surface area is 167 Å². The second-order valence-electron chi connectivity index (χ2n) is 5.96. The van der Waals surface area contributed by atoms with Crippen molar-refractivity contribution >= 4 is 23.5 Å². The number of hydrogen-bond acceptors (Lipinski definition) is 6. The highest BCUT2D eigenvalue weighted by molar-refractivity contribution is 6.08. The summed E-state index contributed by atoms with van der Waals surface area (Å²) in [6.07, 6.45) is 4.68. The molecule has 3 rings (SSSR count). The smallest absolute Gasteiger partial charge is 0.339 e. The van der Waals surface area contributed by atoms with Crippen LogP contribution < -0.4 is 10.6 Å². The summed E-state index contributed by atoms with van der Waals surface area (Å²) in [5.41, 5.74) is 1.69. The summed E-state index contributed by atoms with van der Waals surface area (Å²) in [7, 11) is 1.26. The zero-order valence-corrected chi connectivity index (χ0v) is 15.6. The molecule has 2 amide bonds. The van der Waals surface area contributed by atoms with Crippen molar-refractivity contribution in [1.82, 2.24) is 15.3 Å². The zero-order chi connectivity index (χ0) is 20.6. The molecule has 0 saturated heterocycles. The summed E-state index contributed by atoms with van der Waals surface area (Å²) in [4.78, 5) is 44.8. The maximum Gasteiger partial charge on any atom is 0.339 e.